The number of carbonyl (C=O) groups excluding carboxylic acids is 2. The average molecular weight is 479 g/mol. The van der Waals surface area contributed by atoms with Crippen LogP contribution in [-0.2, 0) is 14.4 Å². The summed E-state index contributed by atoms with van der Waals surface area (Å²) < 4.78 is 0.754. The number of phenols is 1. The van der Waals surface area contributed by atoms with Gasteiger partial charge in [-0.05, 0) is 49.4 Å². The zero-order valence-corrected chi connectivity index (χ0v) is 18.2. The number of aryl methyl sites for hydroxylation is 1. The minimum Gasteiger partial charge on any atom is -0.508 e. The number of nitrogens with zero attached hydrogens (tertiary/aromatic N) is 2. The smallest absolute Gasteiger partial charge is 0.266 e. The van der Waals surface area contributed by atoms with E-state index in [1.807, 2.05) is 49.4 Å². The molecule has 2 aliphatic rings. The molecule has 0 aromatic heterocycles. The third-order valence-corrected chi connectivity index (χ3v) is 6.22. The van der Waals surface area contributed by atoms with Crippen molar-refractivity contribution in [3.05, 3.63) is 88.4 Å². The van der Waals surface area contributed by atoms with E-state index in [-0.39, 0.29) is 11.7 Å². The lowest BCUT2D eigenvalue weighted by Crippen LogP contribution is -2.37. The number of rotatable bonds is 3. The Labute approximate surface area is 187 Å². The summed E-state index contributed by atoms with van der Waals surface area (Å²) in [5.74, 6) is -1.51. The standard InChI is InChI=1S/C24H19BrN2O4/c1-14-7-10-16(11-8-14)26-23(29)20-21(18-13-15(25)9-12-19(18)28)27(31-22(20)24(26)30)17-5-3-2-4-6-17/h2-13,20-22,28H,1H3/t20-,21-,22+/m1/s1. The Morgan fingerprint density at radius 1 is 0.903 bits per heavy atom. The van der Waals surface area contributed by atoms with Crippen molar-refractivity contribution < 1.29 is 19.5 Å². The van der Waals surface area contributed by atoms with Gasteiger partial charge in [-0.1, -0.05) is 51.8 Å². The van der Waals surface area contributed by atoms with Crippen molar-refractivity contribution in [2.45, 2.75) is 19.1 Å². The molecular weight excluding hydrogens is 460 g/mol. The number of anilines is 2. The number of hydrogen-bond acceptors (Lipinski definition) is 5. The fraction of sp³-hybridized carbons (Fsp3) is 0.167. The number of imide groups is 1. The van der Waals surface area contributed by atoms with E-state index in [9.17, 15) is 14.7 Å². The van der Waals surface area contributed by atoms with Crippen LogP contribution in [0.5, 0.6) is 5.75 Å². The van der Waals surface area contributed by atoms with Gasteiger partial charge in [0.2, 0.25) is 5.91 Å². The van der Waals surface area contributed by atoms with Gasteiger partial charge in [-0.3, -0.25) is 14.4 Å². The van der Waals surface area contributed by atoms with E-state index in [0.29, 0.717) is 16.9 Å². The van der Waals surface area contributed by atoms with E-state index in [1.54, 1.807) is 35.4 Å². The molecule has 2 heterocycles. The monoisotopic (exact) mass is 478 g/mol. The second-order valence-corrected chi connectivity index (χ2v) is 8.62. The van der Waals surface area contributed by atoms with E-state index >= 15 is 0 Å². The van der Waals surface area contributed by atoms with Crippen LogP contribution in [0.3, 0.4) is 0 Å². The third kappa shape index (κ3) is 3.21. The Kier molecular flexibility index (Phi) is 4.79. The van der Waals surface area contributed by atoms with E-state index in [4.69, 9.17) is 4.84 Å². The fourth-order valence-corrected chi connectivity index (χ4v) is 4.62. The van der Waals surface area contributed by atoms with Crippen molar-refractivity contribution in [3.63, 3.8) is 0 Å². The molecule has 2 fully saturated rings. The molecule has 0 saturated carbocycles. The van der Waals surface area contributed by atoms with Crippen LogP contribution in [0.2, 0.25) is 0 Å². The van der Waals surface area contributed by atoms with Crippen LogP contribution in [0.1, 0.15) is 17.2 Å². The highest BCUT2D eigenvalue weighted by Gasteiger charge is 2.60. The molecule has 0 aliphatic carbocycles. The van der Waals surface area contributed by atoms with E-state index in [2.05, 4.69) is 15.9 Å². The number of aromatic hydroxyl groups is 1. The van der Waals surface area contributed by atoms with Gasteiger partial charge in [0.1, 0.15) is 11.7 Å². The molecule has 3 aromatic rings. The first-order valence-corrected chi connectivity index (χ1v) is 10.7. The predicted molar refractivity (Wildman–Crippen MR) is 120 cm³/mol. The Bertz CT molecular complexity index is 1170. The first-order valence-electron chi connectivity index (χ1n) is 9.89. The van der Waals surface area contributed by atoms with Crippen molar-refractivity contribution in [2.75, 3.05) is 9.96 Å². The van der Waals surface area contributed by atoms with Gasteiger partial charge < -0.3 is 5.11 Å². The molecular formula is C24H19BrN2O4. The summed E-state index contributed by atoms with van der Waals surface area (Å²) in [7, 11) is 0. The molecule has 0 spiro atoms. The van der Waals surface area contributed by atoms with Gasteiger partial charge in [0, 0.05) is 10.0 Å². The number of hydrogen-bond donors (Lipinski definition) is 1. The summed E-state index contributed by atoms with van der Waals surface area (Å²) in [6.07, 6.45) is -0.975. The van der Waals surface area contributed by atoms with Crippen LogP contribution in [0, 0.1) is 12.8 Å². The fourth-order valence-electron chi connectivity index (χ4n) is 4.24. The normalized spacial score (nSPS) is 22.8. The Morgan fingerprint density at radius 3 is 2.32 bits per heavy atom. The molecule has 0 radical (unpaired) electrons. The lowest BCUT2D eigenvalue weighted by atomic mass is 9.90. The first kappa shape index (κ1) is 19.8. The van der Waals surface area contributed by atoms with Crippen LogP contribution in [-0.4, -0.2) is 23.0 Å². The predicted octanol–water partition coefficient (Wildman–Crippen LogP) is 4.51. The number of amides is 2. The number of halogens is 1. The second-order valence-electron chi connectivity index (χ2n) is 7.71. The summed E-state index contributed by atoms with van der Waals surface area (Å²) in [4.78, 5) is 34.1. The molecule has 0 bridgehead atoms. The summed E-state index contributed by atoms with van der Waals surface area (Å²) in [5.41, 5.74) is 2.76. The van der Waals surface area contributed by atoms with Crippen LogP contribution < -0.4 is 9.96 Å². The molecule has 3 aromatic carbocycles. The van der Waals surface area contributed by atoms with Crippen molar-refractivity contribution in [2.24, 2.45) is 5.92 Å². The zero-order valence-electron chi connectivity index (χ0n) is 16.6. The van der Waals surface area contributed by atoms with E-state index < -0.39 is 24.0 Å². The van der Waals surface area contributed by atoms with Gasteiger partial charge in [-0.15, -0.1) is 0 Å². The van der Waals surface area contributed by atoms with Gasteiger partial charge >= 0.3 is 0 Å². The van der Waals surface area contributed by atoms with Crippen molar-refractivity contribution in [3.8, 4) is 5.75 Å². The molecule has 2 amide bonds. The second kappa shape index (κ2) is 7.51. The quantitative estimate of drug-likeness (QED) is 0.560. The number of benzene rings is 3. The zero-order chi connectivity index (χ0) is 21.7. The largest absolute Gasteiger partial charge is 0.508 e. The van der Waals surface area contributed by atoms with Crippen LogP contribution in [0.4, 0.5) is 11.4 Å². The highest BCUT2D eigenvalue weighted by Crippen LogP contribution is 2.49. The molecule has 5 rings (SSSR count). The maximum atomic E-state index is 13.5. The lowest BCUT2D eigenvalue weighted by Gasteiger charge is -2.29. The van der Waals surface area contributed by atoms with Gasteiger partial charge in [-0.2, -0.15) is 0 Å². The molecule has 156 valence electrons. The molecule has 3 atom stereocenters. The highest BCUT2D eigenvalue weighted by molar-refractivity contribution is 9.10. The molecule has 6 nitrogen and oxygen atoms in total. The summed E-state index contributed by atoms with van der Waals surface area (Å²) in [6, 6.07) is 20.9. The van der Waals surface area contributed by atoms with Gasteiger partial charge in [-0.25, -0.2) is 9.96 Å². The number of hydroxylamine groups is 1. The highest BCUT2D eigenvalue weighted by atomic mass is 79.9. The summed E-state index contributed by atoms with van der Waals surface area (Å²) in [6.45, 7) is 1.94. The molecule has 7 heteroatoms. The summed E-state index contributed by atoms with van der Waals surface area (Å²) in [5, 5.41) is 12.2. The molecule has 0 unspecified atom stereocenters. The van der Waals surface area contributed by atoms with E-state index in [0.717, 1.165) is 10.0 Å². The van der Waals surface area contributed by atoms with Gasteiger partial charge in [0.15, 0.2) is 6.10 Å². The van der Waals surface area contributed by atoms with Crippen molar-refractivity contribution >= 4 is 39.1 Å². The Hall–Kier alpha value is -3.16. The number of carbonyl (C=O) groups is 2. The topological polar surface area (TPSA) is 70.1 Å². The van der Waals surface area contributed by atoms with Crippen molar-refractivity contribution in [1.29, 1.82) is 0 Å². The first-order chi connectivity index (χ1) is 15.0. The molecule has 1 N–H and O–H groups in total. The molecule has 2 saturated heterocycles. The lowest BCUT2D eigenvalue weighted by molar-refractivity contribution is -0.126. The van der Waals surface area contributed by atoms with Crippen LogP contribution in [0.25, 0.3) is 0 Å². The number of phenolic OH excluding ortho intramolecular Hbond substituents is 1. The maximum Gasteiger partial charge on any atom is 0.266 e. The van der Waals surface area contributed by atoms with Crippen molar-refractivity contribution in [1.82, 2.24) is 0 Å². The Balaban J connectivity index is 1.62. The maximum absolute atomic E-state index is 13.5. The van der Waals surface area contributed by atoms with Gasteiger partial charge in [0.05, 0.1) is 17.4 Å². The summed E-state index contributed by atoms with van der Waals surface area (Å²) >= 11 is 3.44. The number of para-hydroxylation sites is 1. The van der Waals surface area contributed by atoms with Crippen LogP contribution >= 0.6 is 15.9 Å². The average Bonchev–Trinajstić information content (AvgIpc) is 3.28. The minimum atomic E-state index is -0.975. The third-order valence-electron chi connectivity index (χ3n) is 5.73. The molecule has 2 aliphatic heterocycles. The Morgan fingerprint density at radius 2 is 1.61 bits per heavy atom. The molecule has 31 heavy (non-hydrogen) atoms. The minimum absolute atomic E-state index is 0.0346. The SMILES string of the molecule is Cc1ccc(N2C(=O)[C@H]3[C@H](ON(c4ccccc4)[C@@H]3c3cc(Br)ccc3O)C2=O)cc1. The van der Waals surface area contributed by atoms with Gasteiger partial charge in [0.25, 0.3) is 5.91 Å². The van der Waals surface area contributed by atoms with Crippen LogP contribution in [0.15, 0.2) is 77.3 Å². The van der Waals surface area contributed by atoms with E-state index in [1.165, 1.54) is 4.90 Å². The number of fused-ring (bicyclic) bond motifs is 1.